The lowest BCUT2D eigenvalue weighted by Crippen LogP contribution is -2.10. The summed E-state index contributed by atoms with van der Waals surface area (Å²) >= 11 is 0. The Kier molecular flexibility index (Phi) is 4.04. The summed E-state index contributed by atoms with van der Waals surface area (Å²) in [6, 6.07) is 15.0. The van der Waals surface area contributed by atoms with Crippen molar-refractivity contribution in [3.63, 3.8) is 0 Å². The van der Waals surface area contributed by atoms with Gasteiger partial charge in [0.05, 0.1) is 7.11 Å². The van der Waals surface area contributed by atoms with Gasteiger partial charge in [0.15, 0.2) is 0 Å². The number of methoxy groups -OCH3 is 1. The molecule has 0 saturated carbocycles. The highest BCUT2D eigenvalue weighted by atomic mass is 16.5. The molecular weight excluding hydrogens is 292 g/mol. The van der Waals surface area contributed by atoms with Crippen LogP contribution in [0.25, 0.3) is 10.9 Å². The minimum atomic E-state index is -0.738. The van der Waals surface area contributed by atoms with Crippen LogP contribution in [0.5, 0.6) is 0 Å². The highest BCUT2D eigenvalue weighted by Crippen LogP contribution is 2.33. The number of benzene rings is 2. The van der Waals surface area contributed by atoms with E-state index in [9.17, 15) is 9.90 Å². The van der Waals surface area contributed by atoms with Gasteiger partial charge in [-0.05, 0) is 30.7 Å². The van der Waals surface area contributed by atoms with Gasteiger partial charge in [-0.15, -0.1) is 0 Å². The normalized spacial score (nSPS) is 12.1. The zero-order valence-corrected chi connectivity index (χ0v) is 13.0. The molecule has 0 saturated heterocycles. The number of H-pyrrole nitrogens is 1. The number of aromatic nitrogens is 1. The summed E-state index contributed by atoms with van der Waals surface area (Å²) in [5.74, 6) is 0. The molecule has 2 aromatic carbocycles. The van der Waals surface area contributed by atoms with Crippen molar-refractivity contribution in [2.24, 2.45) is 0 Å². The van der Waals surface area contributed by atoms with Crippen molar-refractivity contribution >= 4 is 22.7 Å². The molecule has 1 amide bonds. The van der Waals surface area contributed by atoms with E-state index in [4.69, 9.17) is 0 Å². The minimum absolute atomic E-state index is 0.526. The molecule has 23 heavy (non-hydrogen) atoms. The van der Waals surface area contributed by atoms with Gasteiger partial charge in [0.1, 0.15) is 6.10 Å². The largest absolute Gasteiger partial charge is 0.453 e. The molecule has 1 heterocycles. The molecule has 0 aliphatic heterocycles. The van der Waals surface area contributed by atoms with Crippen molar-refractivity contribution < 1.29 is 14.6 Å². The lowest BCUT2D eigenvalue weighted by atomic mass is 9.98. The quantitative estimate of drug-likeness (QED) is 0.690. The summed E-state index contributed by atoms with van der Waals surface area (Å²) in [5, 5.41) is 14.3. The molecule has 5 heteroatoms. The van der Waals surface area contributed by atoms with Gasteiger partial charge in [-0.2, -0.15) is 0 Å². The Hall–Kier alpha value is -2.79. The van der Waals surface area contributed by atoms with Gasteiger partial charge in [-0.3, -0.25) is 5.32 Å². The summed E-state index contributed by atoms with van der Waals surface area (Å²) in [6.45, 7) is 1.93. The average molecular weight is 310 g/mol. The van der Waals surface area contributed by atoms with Crippen LogP contribution in [-0.4, -0.2) is 23.3 Å². The second kappa shape index (κ2) is 6.14. The molecular formula is C18H18N2O3. The van der Waals surface area contributed by atoms with Crippen LogP contribution in [0.1, 0.15) is 22.9 Å². The molecule has 118 valence electrons. The van der Waals surface area contributed by atoms with Crippen LogP contribution in [-0.2, 0) is 4.74 Å². The van der Waals surface area contributed by atoms with Gasteiger partial charge in [0.25, 0.3) is 0 Å². The van der Waals surface area contributed by atoms with Crippen LogP contribution in [0, 0.1) is 6.92 Å². The maximum absolute atomic E-state index is 11.4. The number of rotatable bonds is 3. The summed E-state index contributed by atoms with van der Waals surface area (Å²) in [6.07, 6.45) is -1.26. The van der Waals surface area contributed by atoms with Crippen LogP contribution < -0.4 is 5.32 Å². The predicted molar refractivity (Wildman–Crippen MR) is 89.6 cm³/mol. The van der Waals surface area contributed by atoms with Crippen molar-refractivity contribution in [2.75, 3.05) is 12.4 Å². The first-order chi connectivity index (χ1) is 11.1. The second-order valence-corrected chi connectivity index (χ2v) is 5.35. The Balaban J connectivity index is 2.07. The van der Waals surface area contributed by atoms with Gasteiger partial charge in [0.2, 0.25) is 0 Å². The zero-order valence-electron chi connectivity index (χ0n) is 13.0. The Bertz CT molecular complexity index is 840. The van der Waals surface area contributed by atoms with Crippen molar-refractivity contribution in [3.8, 4) is 0 Å². The molecule has 0 aliphatic carbocycles. The standard InChI is InChI=1S/C18H18N2O3/c1-11-16(17(21)12-6-4-3-5-7-12)14-10-13(20-18(22)23-2)8-9-15(14)19-11/h3-10,17,19,21H,1-2H3,(H,20,22). The fourth-order valence-electron chi connectivity index (χ4n) is 2.75. The molecule has 0 radical (unpaired) electrons. The van der Waals surface area contributed by atoms with E-state index in [0.29, 0.717) is 5.69 Å². The summed E-state index contributed by atoms with van der Waals surface area (Å²) in [4.78, 5) is 14.6. The topological polar surface area (TPSA) is 74.3 Å². The molecule has 3 rings (SSSR count). The number of aromatic amines is 1. The number of anilines is 1. The SMILES string of the molecule is COC(=O)Nc1ccc2[nH]c(C)c(C(O)c3ccccc3)c2c1. The molecule has 1 atom stereocenters. The first kappa shape index (κ1) is 15.1. The Labute approximate surface area is 133 Å². The number of hydrogen-bond acceptors (Lipinski definition) is 3. The van der Waals surface area contributed by atoms with E-state index in [1.54, 1.807) is 6.07 Å². The van der Waals surface area contributed by atoms with Crippen molar-refractivity contribution in [1.29, 1.82) is 0 Å². The molecule has 0 fully saturated rings. The van der Waals surface area contributed by atoms with Gasteiger partial charge in [-0.1, -0.05) is 30.3 Å². The van der Waals surface area contributed by atoms with Crippen molar-refractivity contribution in [3.05, 3.63) is 65.4 Å². The van der Waals surface area contributed by atoms with E-state index in [1.807, 2.05) is 49.4 Å². The monoisotopic (exact) mass is 310 g/mol. The number of ether oxygens (including phenoxy) is 1. The average Bonchev–Trinajstić information content (AvgIpc) is 2.90. The lowest BCUT2D eigenvalue weighted by molar-refractivity contribution is 0.187. The Morgan fingerprint density at radius 3 is 2.65 bits per heavy atom. The van der Waals surface area contributed by atoms with Crippen LogP contribution >= 0.6 is 0 Å². The highest BCUT2D eigenvalue weighted by Gasteiger charge is 2.18. The minimum Gasteiger partial charge on any atom is -0.453 e. The number of fused-ring (bicyclic) bond motifs is 1. The van der Waals surface area contributed by atoms with Gasteiger partial charge in [0, 0.05) is 27.8 Å². The van der Waals surface area contributed by atoms with Crippen LogP contribution in [0.15, 0.2) is 48.5 Å². The smallest absolute Gasteiger partial charge is 0.411 e. The molecule has 0 aliphatic rings. The van der Waals surface area contributed by atoms with E-state index in [1.165, 1.54) is 7.11 Å². The fraction of sp³-hybridized carbons (Fsp3) is 0.167. The summed E-state index contributed by atoms with van der Waals surface area (Å²) < 4.78 is 4.61. The molecule has 3 aromatic rings. The van der Waals surface area contributed by atoms with Crippen molar-refractivity contribution in [2.45, 2.75) is 13.0 Å². The third-order valence-corrected chi connectivity index (χ3v) is 3.86. The van der Waals surface area contributed by atoms with Crippen LogP contribution in [0.4, 0.5) is 10.5 Å². The fourth-order valence-corrected chi connectivity index (χ4v) is 2.75. The van der Waals surface area contributed by atoms with E-state index in [0.717, 1.165) is 27.7 Å². The lowest BCUT2D eigenvalue weighted by Gasteiger charge is -2.12. The number of aliphatic hydroxyl groups is 1. The Morgan fingerprint density at radius 1 is 1.22 bits per heavy atom. The number of amides is 1. The number of carbonyl (C=O) groups is 1. The zero-order chi connectivity index (χ0) is 16.4. The third-order valence-electron chi connectivity index (χ3n) is 3.86. The summed E-state index contributed by atoms with van der Waals surface area (Å²) in [7, 11) is 1.32. The Morgan fingerprint density at radius 2 is 1.96 bits per heavy atom. The molecule has 0 bridgehead atoms. The van der Waals surface area contributed by atoms with Gasteiger partial charge >= 0.3 is 6.09 Å². The number of aryl methyl sites for hydroxylation is 1. The maximum Gasteiger partial charge on any atom is 0.411 e. The van der Waals surface area contributed by atoms with E-state index in [-0.39, 0.29) is 0 Å². The van der Waals surface area contributed by atoms with Gasteiger partial charge < -0.3 is 14.8 Å². The van der Waals surface area contributed by atoms with Crippen LogP contribution in [0.3, 0.4) is 0 Å². The number of hydrogen-bond donors (Lipinski definition) is 3. The maximum atomic E-state index is 11.4. The van der Waals surface area contributed by atoms with Crippen molar-refractivity contribution in [1.82, 2.24) is 4.98 Å². The molecule has 1 unspecified atom stereocenters. The number of carbonyl (C=O) groups excluding carboxylic acids is 1. The predicted octanol–water partition coefficient (Wildman–Crippen LogP) is 3.74. The first-order valence-electron chi connectivity index (χ1n) is 7.30. The van der Waals surface area contributed by atoms with Gasteiger partial charge in [-0.25, -0.2) is 4.79 Å². The highest BCUT2D eigenvalue weighted by molar-refractivity contribution is 5.92. The van der Waals surface area contributed by atoms with E-state index < -0.39 is 12.2 Å². The summed E-state index contributed by atoms with van der Waals surface area (Å²) in [5.41, 5.74) is 4.04. The second-order valence-electron chi connectivity index (χ2n) is 5.35. The molecule has 1 aromatic heterocycles. The number of aliphatic hydroxyl groups excluding tert-OH is 1. The molecule has 0 spiro atoms. The first-order valence-corrected chi connectivity index (χ1v) is 7.30. The van der Waals surface area contributed by atoms with Crippen LogP contribution in [0.2, 0.25) is 0 Å². The molecule has 3 N–H and O–H groups in total. The van der Waals surface area contributed by atoms with E-state index in [2.05, 4.69) is 15.0 Å². The third kappa shape index (κ3) is 2.91. The van der Waals surface area contributed by atoms with E-state index >= 15 is 0 Å². The number of nitrogens with one attached hydrogen (secondary N) is 2. The molecule has 5 nitrogen and oxygen atoms in total.